The monoisotopic (exact) mass is 226 g/mol. The highest BCUT2D eigenvalue weighted by molar-refractivity contribution is 7.09. The number of hydrogen-bond donors (Lipinski definition) is 2. The summed E-state index contributed by atoms with van der Waals surface area (Å²) in [6.07, 6.45) is 6.63. The Morgan fingerprint density at radius 2 is 2.47 bits per heavy atom. The van der Waals surface area contributed by atoms with Crippen LogP contribution in [-0.4, -0.2) is 22.7 Å². The van der Waals surface area contributed by atoms with Crippen LogP contribution < -0.4 is 5.73 Å². The topological polar surface area (TPSA) is 59.1 Å². The van der Waals surface area contributed by atoms with E-state index in [0.717, 1.165) is 30.7 Å². The Labute approximate surface area is 94.3 Å². The van der Waals surface area contributed by atoms with E-state index in [9.17, 15) is 5.11 Å². The van der Waals surface area contributed by atoms with Gasteiger partial charge in [0.1, 0.15) is 0 Å². The van der Waals surface area contributed by atoms with E-state index in [2.05, 4.69) is 4.98 Å². The predicted molar refractivity (Wildman–Crippen MR) is 61.8 cm³/mol. The number of hydrogen-bond acceptors (Lipinski definition) is 4. The van der Waals surface area contributed by atoms with Gasteiger partial charge in [-0.2, -0.15) is 0 Å². The lowest BCUT2D eigenvalue weighted by Crippen LogP contribution is -2.45. The molecule has 1 fully saturated rings. The lowest BCUT2D eigenvalue weighted by atomic mass is 9.70. The van der Waals surface area contributed by atoms with E-state index < -0.39 is 0 Å². The van der Waals surface area contributed by atoms with Gasteiger partial charge in [-0.05, 0) is 12.8 Å². The average Bonchev–Trinajstić information content (AvgIpc) is 2.74. The van der Waals surface area contributed by atoms with Crippen molar-refractivity contribution in [3.8, 4) is 0 Å². The minimum absolute atomic E-state index is 0.115. The quantitative estimate of drug-likeness (QED) is 0.822. The maximum Gasteiger partial charge on any atom is 0.0931 e. The maximum atomic E-state index is 10.1. The third-order valence-electron chi connectivity index (χ3n) is 3.50. The van der Waals surface area contributed by atoms with E-state index in [1.807, 2.05) is 11.6 Å². The van der Waals surface area contributed by atoms with Crippen molar-refractivity contribution >= 4 is 11.3 Å². The molecule has 0 bridgehead atoms. The lowest BCUT2D eigenvalue weighted by Gasteiger charge is -2.40. The van der Waals surface area contributed by atoms with E-state index in [1.165, 1.54) is 6.42 Å². The van der Waals surface area contributed by atoms with Crippen molar-refractivity contribution in [2.24, 2.45) is 11.1 Å². The summed E-state index contributed by atoms with van der Waals surface area (Å²) in [5.74, 6) is 0. The van der Waals surface area contributed by atoms with Crippen molar-refractivity contribution < 1.29 is 5.11 Å². The van der Waals surface area contributed by atoms with Crippen LogP contribution in [0.2, 0.25) is 0 Å². The third kappa shape index (κ3) is 2.22. The minimum Gasteiger partial charge on any atom is -0.392 e. The molecule has 3 nitrogen and oxygen atoms in total. The molecule has 0 aliphatic heterocycles. The molecule has 0 amide bonds. The normalized spacial score (nSPS) is 31.7. The highest BCUT2D eigenvalue weighted by Crippen LogP contribution is 2.38. The van der Waals surface area contributed by atoms with Gasteiger partial charge >= 0.3 is 0 Å². The molecule has 0 saturated heterocycles. The van der Waals surface area contributed by atoms with Crippen LogP contribution in [0, 0.1) is 5.41 Å². The molecule has 2 unspecified atom stereocenters. The molecule has 0 aromatic carbocycles. The van der Waals surface area contributed by atoms with Crippen LogP contribution in [0.4, 0.5) is 0 Å². The van der Waals surface area contributed by atoms with Gasteiger partial charge in [0.2, 0.25) is 0 Å². The standard InChI is InChI=1S/C11H18N2OS/c12-8-11(4-2-1-3-9(11)14)7-10-13-5-6-15-10/h5-6,9,14H,1-4,7-8,12H2. The van der Waals surface area contributed by atoms with Crippen molar-refractivity contribution in [3.05, 3.63) is 16.6 Å². The zero-order chi connectivity index (χ0) is 10.7. The van der Waals surface area contributed by atoms with Crippen LogP contribution in [0.1, 0.15) is 30.7 Å². The molecule has 0 radical (unpaired) electrons. The first-order valence-corrected chi connectivity index (χ1v) is 6.41. The fourth-order valence-electron chi connectivity index (χ4n) is 2.45. The van der Waals surface area contributed by atoms with Gasteiger partial charge in [0.05, 0.1) is 11.1 Å². The fraction of sp³-hybridized carbons (Fsp3) is 0.727. The second-order valence-corrected chi connectivity index (χ2v) is 5.41. The van der Waals surface area contributed by atoms with E-state index in [4.69, 9.17) is 5.73 Å². The first kappa shape index (κ1) is 11.0. The molecule has 1 aliphatic rings. The Morgan fingerprint density at radius 1 is 1.60 bits per heavy atom. The molecule has 1 aromatic rings. The molecule has 1 aliphatic carbocycles. The van der Waals surface area contributed by atoms with Crippen LogP contribution in [0.15, 0.2) is 11.6 Å². The molecule has 4 heteroatoms. The predicted octanol–water partition coefficient (Wildman–Crippen LogP) is 1.57. The fourth-order valence-corrected chi connectivity index (χ4v) is 3.22. The minimum atomic E-state index is -0.250. The van der Waals surface area contributed by atoms with E-state index in [0.29, 0.717) is 6.54 Å². The SMILES string of the molecule is NCC1(Cc2nccs2)CCCCC1O. The van der Waals surface area contributed by atoms with Crippen LogP contribution >= 0.6 is 11.3 Å². The number of aromatic nitrogens is 1. The van der Waals surface area contributed by atoms with Gasteiger partial charge in [0.25, 0.3) is 0 Å². The average molecular weight is 226 g/mol. The first-order chi connectivity index (χ1) is 7.27. The lowest BCUT2D eigenvalue weighted by molar-refractivity contribution is -0.00587. The summed E-state index contributed by atoms with van der Waals surface area (Å²) >= 11 is 1.65. The Bertz CT molecular complexity index is 302. The van der Waals surface area contributed by atoms with Gasteiger partial charge in [-0.3, -0.25) is 0 Å². The van der Waals surface area contributed by atoms with Gasteiger partial charge in [-0.1, -0.05) is 12.8 Å². The van der Waals surface area contributed by atoms with Crippen molar-refractivity contribution in [1.82, 2.24) is 4.98 Å². The number of nitrogens with two attached hydrogens (primary N) is 1. The van der Waals surface area contributed by atoms with Crippen molar-refractivity contribution in [2.45, 2.75) is 38.2 Å². The second-order valence-electron chi connectivity index (χ2n) is 4.43. The number of thiazole rings is 1. The summed E-state index contributed by atoms with van der Waals surface area (Å²) in [6, 6.07) is 0. The summed E-state index contributed by atoms with van der Waals surface area (Å²) in [6.45, 7) is 0.563. The Balaban J connectivity index is 2.13. The van der Waals surface area contributed by atoms with Crippen molar-refractivity contribution in [2.75, 3.05) is 6.54 Å². The molecule has 0 spiro atoms. The molecule has 84 valence electrons. The van der Waals surface area contributed by atoms with Gasteiger partial charge in [-0.25, -0.2) is 4.98 Å². The molecular weight excluding hydrogens is 208 g/mol. The molecule has 2 rings (SSSR count). The zero-order valence-corrected chi connectivity index (χ0v) is 9.67. The summed E-state index contributed by atoms with van der Waals surface area (Å²) in [7, 11) is 0. The van der Waals surface area contributed by atoms with Crippen LogP contribution in [0.3, 0.4) is 0 Å². The van der Waals surface area contributed by atoms with Crippen LogP contribution in [0.25, 0.3) is 0 Å². The number of aliphatic hydroxyl groups is 1. The second kappa shape index (κ2) is 4.60. The number of rotatable bonds is 3. The Morgan fingerprint density at radius 3 is 3.07 bits per heavy atom. The number of nitrogens with zero attached hydrogens (tertiary/aromatic N) is 1. The van der Waals surface area contributed by atoms with Crippen molar-refractivity contribution in [1.29, 1.82) is 0 Å². The van der Waals surface area contributed by atoms with E-state index in [1.54, 1.807) is 11.3 Å². The van der Waals surface area contributed by atoms with Gasteiger partial charge in [0.15, 0.2) is 0 Å². The van der Waals surface area contributed by atoms with E-state index >= 15 is 0 Å². The molecule has 2 atom stereocenters. The summed E-state index contributed by atoms with van der Waals surface area (Å²) in [5.41, 5.74) is 5.75. The highest BCUT2D eigenvalue weighted by Gasteiger charge is 2.39. The molecule has 1 saturated carbocycles. The Hall–Kier alpha value is -0.450. The molecular formula is C11H18N2OS. The smallest absolute Gasteiger partial charge is 0.0931 e. The van der Waals surface area contributed by atoms with Crippen LogP contribution in [-0.2, 0) is 6.42 Å². The molecule has 3 N–H and O–H groups in total. The summed E-state index contributed by atoms with van der Waals surface area (Å²) in [4.78, 5) is 4.29. The Kier molecular flexibility index (Phi) is 3.38. The molecule has 1 aromatic heterocycles. The van der Waals surface area contributed by atoms with Gasteiger partial charge in [0, 0.05) is 30.0 Å². The van der Waals surface area contributed by atoms with Crippen LogP contribution in [0.5, 0.6) is 0 Å². The largest absolute Gasteiger partial charge is 0.392 e. The summed E-state index contributed by atoms with van der Waals surface area (Å²) < 4.78 is 0. The summed E-state index contributed by atoms with van der Waals surface area (Å²) in [5, 5.41) is 13.2. The molecule has 15 heavy (non-hydrogen) atoms. The van der Waals surface area contributed by atoms with Crippen molar-refractivity contribution in [3.63, 3.8) is 0 Å². The third-order valence-corrected chi connectivity index (χ3v) is 4.28. The van der Waals surface area contributed by atoms with Gasteiger partial charge < -0.3 is 10.8 Å². The highest BCUT2D eigenvalue weighted by atomic mass is 32.1. The molecule has 1 heterocycles. The number of aliphatic hydroxyl groups excluding tert-OH is 1. The first-order valence-electron chi connectivity index (χ1n) is 5.53. The zero-order valence-electron chi connectivity index (χ0n) is 8.85. The van der Waals surface area contributed by atoms with E-state index in [-0.39, 0.29) is 11.5 Å². The van der Waals surface area contributed by atoms with Gasteiger partial charge in [-0.15, -0.1) is 11.3 Å². The maximum absolute atomic E-state index is 10.1.